The number of carbonyl (C=O) groups excluding carboxylic acids is 1. The molecule has 0 bridgehead atoms. The van der Waals surface area contributed by atoms with E-state index in [1.165, 1.54) is 11.9 Å². The molecular weight excluding hydrogens is 430 g/mol. The van der Waals surface area contributed by atoms with Gasteiger partial charge in [-0.25, -0.2) is 0 Å². The number of anilines is 2. The van der Waals surface area contributed by atoms with Crippen LogP contribution in [0.1, 0.15) is 47.3 Å². The predicted octanol–water partition coefficient (Wildman–Crippen LogP) is 2.32. The van der Waals surface area contributed by atoms with Crippen LogP contribution in [0, 0.1) is 11.3 Å². The Balaban J connectivity index is 1.64. The number of hydrogen-bond donors (Lipinski definition) is 1. The van der Waals surface area contributed by atoms with E-state index >= 15 is 0 Å². The number of carbonyl (C=O) groups is 1. The van der Waals surface area contributed by atoms with Crippen LogP contribution in [0.3, 0.4) is 0 Å². The molecule has 2 aromatic rings. The number of allylic oxidation sites excluding steroid dienone is 1. The summed E-state index contributed by atoms with van der Waals surface area (Å²) in [6, 6.07) is 6.52. The molecule has 1 aromatic carbocycles. The Labute approximate surface area is 199 Å². The number of hydrogen-bond acceptors (Lipinski definition) is 7. The van der Waals surface area contributed by atoms with E-state index in [9.17, 15) is 10.1 Å². The summed E-state index contributed by atoms with van der Waals surface area (Å²) >= 11 is 0. The molecule has 1 saturated heterocycles. The fraction of sp³-hybridized carbons (Fsp3) is 0.440. The van der Waals surface area contributed by atoms with Crippen LogP contribution in [0.5, 0.6) is 0 Å². The molecule has 2 N–H and O–H groups in total. The second kappa shape index (κ2) is 8.95. The Morgan fingerprint density at radius 3 is 2.85 bits per heavy atom. The molecule has 1 aromatic heterocycles. The van der Waals surface area contributed by atoms with Crippen LogP contribution in [0.2, 0.25) is 0 Å². The van der Waals surface area contributed by atoms with Crippen molar-refractivity contribution >= 4 is 29.2 Å². The first-order chi connectivity index (χ1) is 16.5. The quantitative estimate of drug-likeness (QED) is 0.702. The zero-order valence-corrected chi connectivity index (χ0v) is 19.6. The molecule has 34 heavy (non-hydrogen) atoms. The largest absolute Gasteiger partial charge is 0.404 e. The molecule has 1 fully saturated rings. The molecule has 3 aliphatic heterocycles. The minimum absolute atomic E-state index is 0.0704. The van der Waals surface area contributed by atoms with Gasteiger partial charge >= 0.3 is 0 Å². The topological polar surface area (TPSA) is 113 Å². The van der Waals surface area contributed by atoms with Crippen molar-refractivity contribution < 1.29 is 9.53 Å². The fourth-order valence-corrected chi connectivity index (χ4v) is 5.27. The van der Waals surface area contributed by atoms with E-state index in [1.807, 2.05) is 11.0 Å². The van der Waals surface area contributed by atoms with E-state index in [0.717, 1.165) is 66.2 Å². The van der Waals surface area contributed by atoms with Crippen molar-refractivity contribution in [1.29, 1.82) is 5.26 Å². The van der Waals surface area contributed by atoms with Gasteiger partial charge in [0.25, 0.3) is 0 Å². The zero-order valence-electron chi connectivity index (χ0n) is 19.6. The smallest absolute Gasteiger partial charge is 0.219 e. The third kappa shape index (κ3) is 3.64. The Morgan fingerprint density at radius 1 is 1.32 bits per heavy atom. The van der Waals surface area contributed by atoms with Crippen LogP contribution < -0.4 is 10.6 Å². The molecule has 1 atom stereocenters. The second-order valence-electron chi connectivity index (χ2n) is 8.95. The highest BCUT2D eigenvalue weighted by atomic mass is 16.5. The number of aromatic nitrogens is 2. The fourth-order valence-electron chi connectivity index (χ4n) is 5.27. The monoisotopic (exact) mass is 459 g/mol. The molecule has 0 spiro atoms. The molecule has 176 valence electrons. The molecule has 0 radical (unpaired) electrons. The molecule has 1 amide bonds. The summed E-state index contributed by atoms with van der Waals surface area (Å²) in [6.45, 7) is 4.98. The first kappa shape index (κ1) is 22.2. The summed E-state index contributed by atoms with van der Waals surface area (Å²) in [4.78, 5) is 20.4. The summed E-state index contributed by atoms with van der Waals surface area (Å²) in [5.74, 6) is 0.941. The Bertz CT molecular complexity index is 1230. The van der Waals surface area contributed by atoms with Crippen molar-refractivity contribution in [3.8, 4) is 6.07 Å². The number of ether oxygens (including phenoxy) is 1. The van der Waals surface area contributed by atoms with Gasteiger partial charge in [-0.1, -0.05) is 0 Å². The minimum atomic E-state index is 0.0704. The molecule has 9 heteroatoms. The summed E-state index contributed by atoms with van der Waals surface area (Å²) in [5, 5.41) is 15.0. The third-order valence-corrected chi connectivity index (χ3v) is 7.02. The lowest BCUT2D eigenvalue weighted by Gasteiger charge is -2.28. The number of nitriles is 1. The van der Waals surface area contributed by atoms with E-state index in [4.69, 9.17) is 15.6 Å². The average Bonchev–Trinajstić information content (AvgIpc) is 3.59. The Morgan fingerprint density at radius 2 is 2.18 bits per heavy atom. The van der Waals surface area contributed by atoms with Gasteiger partial charge in [-0.15, -0.1) is 0 Å². The van der Waals surface area contributed by atoms with Gasteiger partial charge in [0.15, 0.2) is 5.82 Å². The van der Waals surface area contributed by atoms with E-state index < -0.39 is 0 Å². The lowest BCUT2D eigenvalue weighted by atomic mass is 9.98. The highest BCUT2D eigenvalue weighted by Crippen LogP contribution is 2.42. The maximum Gasteiger partial charge on any atom is 0.219 e. The number of nitrogens with two attached hydrogens (primary N) is 1. The van der Waals surface area contributed by atoms with Crippen LogP contribution in [0.15, 0.2) is 23.3 Å². The van der Waals surface area contributed by atoms with Crippen molar-refractivity contribution in [2.24, 2.45) is 10.7 Å². The maximum atomic E-state index is 12.2. The zero-order chi connectivity index (χ0) is 23.8. The van der Waals surface area contributed by atoms with Gasteiger partial charge in [0.1, 0.15) is 0 Å². The van der Waals surface area contributed by atoms with Crippen molar-refractivity contribution in [2.45, 2.75) is 38.8 Å². The average molecular weight is 460 g/mol. The number of aliphatic imine (C=N–C) groups is 1. The SMILES string of the molecule is CN=CC(=CN)c1cc(C#N)c2c(c1)N(c1nn(C3CCOC3)c3c1CN(C(C)=O)CC3)CC2. The number of amides is 1. The summed E-state index contributed by atoms with van der Waals surface area (Å²) in [6.07, 6.45) is 5.67. The first-order valence-corrected chi connectivity index (χ1v) is 11.7. The molecule has 9 nitrogen and oxygen atoms in total. The maximum absolute atomic E-state index is 12.2. The molecular formula is C25H29N7O2. The number of fused-ring (bicyclic) bond motifs is 2. The standard InChI is InChI=1S/C25H29N7O2/c1-16(33)30-6-4-23-22(14-30)25(29-32(23)20-5-8-34-15-20)31-7-3-21-18(11-26)9-17(10-24(21)31)19(12-27)13-28-2/h9-10,12-13,20H,3-8,14-15,27H2,1-2H3. The van der Waals surface area contributed by atoms with Gasteiger partial charge in [-0.3, -0.25) is 14.5 Å². The van der Waals surface area contributed by atoms with Crippen molar-refractivity contribution in [2.75, 3.05) is 38.3 Å². The normalized spacial score (nSPS) is 20.0. The molecule has 0 saturated carbocycles. The third-order valence-electron chi connectivity index (χ3n) is 7.02. The number of rotatable bonds is 4. The minimum Gasteiger partial charge on any atom is -0.404 e. The predicted molar refractivity (Wildman–Crippen MR) is 130 cm³/mol. The van der Waals surface area contributed by atoms with Crippen molar-refractivity contribution in [3.63, 3.8) is 0 Å². The second-order valence-corrected chi connectivity index (χ2v) is 8.95. The summed E-state index contributed by atoms with van der Waals surface area (Å²) in [5.41, 5.74) is 12.4. The Kier molecular flexibility index (Phi) is 5.84. The molecule has 4 heterocycles. The lowest BCUT2D eigenvalue weighted by Crippen LogP contribution is -2.35. The first-order valence-electron chi connectivity index (χ1n) is 11.7. The summed E-state index contributed by atoms with van der Waals surface area (Å²) < 4.78 is 7.79. The van der Waals surface area contributed by atoms with Gasteiger partial charge in [-0.05, 0) is 36.1 Å². The molecule has 1 unspecified atom stereocenters. The van der Waals surface area contributed by atoms with E-state index in [-0.39, 0.29) is 11.9 Å². The van der Waals surface area contributed by atoms with Crippen LogP contribution in [-0.4, -0.2) is 60.2 Å². The molecule has 3 aliphatic rings. The van der Waals surface area contributed by atoms with Crippen molar-refractivity contribution in [1.82, 2.24) is 14.7 Å². The molecule has 0 aliphatic carbocycles. The highest BCUT2D eigenvalue weighted by Gasteiger charge is 2.35. The summed E-state index contributed by atoms with van der Waals surface area (Å²) in [7, 11) is 1.70. The van der Waals surface area contributed by atoms with Crippen molar-refractivity contribution in [3.05, 3.63) is 46.3 Å². The van der Waals surface area contributed by atoms with Gasteiger partial charge in [0.2, 0.25) is 5.91 Å². The van der Waals surface area contributed by atoms with Gasteiger partial charge in [0.05, 0.1) is 30.8 Å². The van der Waals surface area contributed by atoms with Gasteiger partial charge < -0.3 is 20.3 Å². The van der Waals surface area contributed by atoms with Gasteiger partial charge in [0, 0.05) is 75.0 Å². The van der Waals surface area contributed by atoms with Crippen LogP contribution in [0.4, 0.5) is 11.5 Å². The highest BCUT2D eigenvalue weighted by molar-refractivity contribution is 6.10. The number of benzene rings is 1. The van der Waals surface area contributed by atoms with Gasteiger partial charge in [-0.2, -0.15) is 10.4 Å². The van der Waals surface area contributed by atoms with E-state index in [2.05, 4.69) is 26.7 Å². The van der Waals surface area contributed by atoms with Crippen LogP contribution in [0.25, 0.3) is 5.57 Å². The van der Waals surface area contributed by atoms with E-state index in [1.54, 1.807) is 20.2 Å². The van der Waals surface area contributed by atoms with Crippen LogP contribution in [-0.2, 0) is 28.9 Å². The van der Waals surface area contributed by atoms with Crippen LogP contribution >= 0.6 is 0 Å². The lowest BCUT2D eigenvalue weighted by molar-refractivity contribution is -0.129. The van der Waals surface area contributed by atoms with E-state index in [0.29, 0.717) is 25.3 Å². The number of nitrogens with zero attached hydrogens (tertiary/aromatic N) is 6. The molecule has 5 rings (SSSR count). The Hall–Kier alpha value is -3.64.